The molecule has 1 heterocycles. The second-order valence-corrected chi connectivity index (χ2v) is 4.97. The highest BCUT2D eigenvalue weighted by atomic mass is 16.6. The number of benzene rings is 1. The van der Waals surface area contributed by atoms with E-state index in [0.29, 0.717) is 22.6 Å². The lowest BCUT2D eigenvalue weighted by molar-refractivity contribution is -0.385. The highest BCUT2D eigenvalue weighted by molar-refractivity contribution is 5.50. The van der Waals surface area contributed by atoms with Crippen LogP contribution in [-0.2, 0) is 0 Å². The summed E-state index contributed by atoms with van der Waals surface area (Å²) in [6, 6.07) is 6.61. The zero-order valence-electron chi connectivity index (χ0n) is 12.2. The van der Waals surface area contributed by atoms with Gasteiger partial charge in [0.25, 0.3) is 5.69 Å². The van der Waals surface area contributed by atoms with Crippen LogP contribution in [0.1, 0.15) is 29.8 Å². The summed E-state index contributed by atoms with van der Waals surface area (Å²) in [7, 11) is 0. The number of rotatable bonds is 4. The summed E-state index contributed by atoms with van der Waals surface area (Å²) in [6.07, 6.45) is 1.59. The van der Waals surface area contributed by atoms with E-state index >= 15 is 0 Å². The maximum atomic E-state index is 10.9. The molecule has 0 radical (unpaired) electrons. The van der Waals surface area contributed by atoms with Gasteiger partial charge in [0.05, 0.1) is 16.8 Å². The van der Waals surface area contributed by atoms with Gasteiger partial charge in [0, 0.05) is 17.7 Å². The highest BCUT2D eigenvalue weighted by Gasteiger charge is 2.14. The van der Waals surface area contributed by atoms with Crippen molar-refractivity contribution in [3.8, 4) is 11.5 Å². The molecule has 0 aliphatic heterocycles. The highest BCUT2D eigenvalue weighted by Crippen LogP contribution is 2.31. The van der Waals surface area contributed by atoms with E-state index in [-0.39, 0.29) is 11.7 Å². The molecule has 0 unspecified atom stereocenters. The monoisotopic (exact) mass is 287 g/mol. The lowest BCUT2D eigenvalue weighted by atomic mass is 10.1. The number of hydrogen-bond acceptors (Lipinski definition) is 5. The van der Waals surface area contributed by atoms with Crippen molar-refractivity contribution in [3.63, 3.8) is 0 Å². The molecule has 0 bridgehead atoms. The molecule has 0 saturated heterocycles. The third kappa shape index (κ3) is 3.35. The SMILES string of the molecule is Cc1cc([N+](=O)[O-])c(C)cc1Oc1ccc([C@@H](C)N)nc1. The minimum absolute atomic E-state index is 0.0882. The number of nitro groups is 1. The molecule has 110 valence electrons. The fraction of sp³-hybridized carbons (Fsp3) is 0.267. The van der Waals surface area contributed by atoms with Crippen LogP contribution in [0.2, 0.25) is 0 Å². The lowest BCUT2D eigenvalue weighted by Gasteiger charge is -2.11. The van der Waals surface area contributed by atoms with E-state index < -0.39 is 4.92 Å². The van der Waals surface area contributed by atoms with Gasteiger partial charge in [-0.2, -0.15) is 0 Å². The largest absolute Gasteiger partial charge is 0.455 e. The Morgan fingerprint density at radius 2 is 2.00 bits per heavy atom. The first-order valence-corrected chi connectivity index (χ1v) is 6.53. The van der Waals surface area contributed by atoms with Gasteiger partial charge < -0.3 is 10.5 Å². The first kappa shape index (κ1) is 14.9. The normalized spacial score (nSPS) is 12.0. The number of hydrogen-bond donors (Lipinski definition) is 1. The standard InChI is InChI=1S/C15H17N3O3/c1-9-7-15(10(2)6-14(9)18(19)20)21-12-4-5-13(11(3)16)17-8-12/h4-8,11H,16H2,1-3H3/t11-/m1/s1. The molecular formula is C15H17N3O3. The van der Waals surface area contributed by atoms with E-state index in [9.17, 15) is 10.1 Å². The summed E-state index contributed by atoms with van der Waals surface area (Å²) in [5.74, 6) is 1.14. The van der Waals surface area contributed by atoms with E-state index in [2.05, 4.69) is 4.98 Å². The van der Waals surface area contributed by atoms with Crippen molar-refractivity contribution in [1.29, 1.82) is 0 Å². The number of aromatic nitrogens is 1. The van der Waals surface area contributed by atoms with Crippen molar-refractivity contribution in [2.75, 3.05) is 0 Å². The van der Waals surface area contributed by atoms with Crippen LogP contribution in [0.3, 0.4) is 0 Å². The number of ether oxygens (including phenoxy) is 1. The zero-order valence-corrected chi connectivity index (χ0v) is 12.2. The molecule has 0 saturated carbocycles. The first-order chi connectivity index (χ1) is 9.88. The smallest absolute Gasteiger partial charge is 0.272 e. The fourth-order valence-corrected chi connectivity index (χ4v) is 1.93. The van der Waals surface area contributed by atoms with Gasteiger partial charge >= 0.3 is 0 Å². The fourth-order valence-electron chi connectivity index (χ4n) is 1.93. The Balaban J connectivity index is 2.27. The molecule has 0 spiro atoms. The molecule has 6 heteroatoms. The van der Waals surface area contributed by atoms with Gasteiger partial charge in [0.15, 0.2) is 0 Å². The van der Waals surface area contributed by atoms with Crippen molar-refractivity contribution in [2.45, 2.75) is 26.8 Å². The second-order valence-electron chi connectivity index (χ2n) is 4.97. The van der Waals surface area contributed by atoms with Crippen molar-refractivity contribution in [2.24, 2.45) is 5.73 Å². The van der Waals surface area contributed by atoms with Crippen molar-refractivity contribution in [1.82, 2.24) is 4.98 Å². The molecule has 21 heavy (non-hydrogen) atoms. The third-order valence-electron chi connectivity index (χ3n) is 3.14. The van der Waals surface area contributed by atoms with Crippen LogP contribution < -0.4 is 10.5 Å². The Hall–Kier alpha value is -2.47. The Bertz CT molecular complexity index is 667. The molecule has 6 nitrogen and oxygen atoms in total. The van der Waals surface area contributed by atoms with Crippen molar-refractivity contribution < 1.29 is 9.66 Å². The van der Waals surface area contributed by atoms with Gasteiger partial charge in [0.1, 0.15) is 11.5 Å². The molecule has 0 fully saturated rings. The van der Waals surface area contributed by atoms with E-state index in [4.69, 9.17) is 10.5 Å². The van der Waals surface area contributed by atoms with Crippen LogP contribution in [0, 0.1) is 24.0 Å². The van der Waals surface area contributed by atoms with Gasteiger partial charge in [-0.1, -0.05) is 0 Å². The molecule has 1 atom stereocenters. The summed E-state index contributed by atoms with van der Waals surface area (Å²) in [5, 5.41) is 10.9. The number of nitrogens with two attached hydrogens (primary N) is 1. The average Bonchev–Trinajstić information content (AvgIpc) is 2.42. The first-order valence-electron chi connectivity index (χ1n) is 6.53. The number of nitro benzene ring substituents is 1. The molecule has 2 rings (SSSR count). The van der Waals surface area contributed by atoms with Gasteiger partial charge in [-0.25, -0.2) is 0 Å². The Morgan fingerprint density at radius 3 is 2.52 bits per heavy atom. The van der Waals surface area contributed by atoms with E-state index in [1.165, 1.54) is 6.07 Å². The Morgan fingerprint density at radius 1 is 1.29 bits per heavy atom. The van der Waals surface area contributed by atoms with Gasteiger partial charge in [-0.05, 0) is 44.5 Å². The number of pyridine rings is 1. The summed E-state index contributed by atoms with van der Waals surface area (Å²) in [6.45, 7) is 5.31. The molecule has 1 aromatic carbocycles. The molecule has 2 aromatic rings. The van der Waals surface area contributed by atoms with Crippen LogP contribution in [0.15, 0.2) is 30.5 Å². The summed E-state index contributed by atoms with van der Waals surface area (Å²) >= 11 is 0. The Kier molecular flexibility index (Phi) is 4.18. The lowest BCUT2D eigenvalue weighted by Crippen LogP contribution is -2.06. The summed E-state index contributed by atoms with van der Waals surface area (Å²) in [4.78, 5) is 14.7. The molecule has 1 aromatic heterocycles. The van der Waals surface area contributed by atoms with E-state index in [1.807, 2.05) is 6.92 Å². The zero-order chi connectivity index (χ0) is 15.6. The van der Waals surface area contributed by atoms with Crippen LogP contribution in [0.25, 0.3) is 0 Å². The van der Waals surface area contributed by atoms with Crippen LogP contribution >= 0.6 is 0 Å². The molecule has 0 aliphatic rings. The van der Waals surface area contributed by atoms with Crippen LogP contribution in [-0.4, -0.2) is 9.91 Å². The maximum absolute atomic E-state index is 10.9. The second kappa shape index (κ2) is 5.88. The molecule has 0 aliphatic carbocycles. The van der Waals surface area contributed by atoms with E-state index in [0.717, 1.165) is 5.69 Å². The average molecular weight is 287 g/mol. The number of nitrogens with zero attached hydrogens (tertiary/aromatic N) is 2. The minimum atomic E-state index is -0.398. The molecule has 0 amide bonds. The van der Waals surface area contributed by atoms with Crippen molar-refractivity contribution in [3.05, 3.63) is 57.4 Å². The van der Waals surface area contributed by atoms with Gasteiger partial charge in [-0.3, -0.25) is 15.1 Å². The summed E-state index contributed by atoms with van der Waals surface area (Å²) < 4.78 is 5.73. The quantitative estimate of drug-likeness (QED) is 0.687. The number of aryl methyl sites for hydroxylation is 2. The minimum Gasteiger partial charge on any atom is -0.455 e. The van der Waals surface area contributed by atoms with Crippen molar-refractivity contribution >= 4 is 5.69 Å². The predicted molar refractivity (Wildman–Crippen MR) is 79.5 cm³/mol. The molecular weight excluding hydrogens is 270 g/mol. The Labute approximate surface area is 122 Å². The van der Waals surface area contributed by atoms with Crippen LogP contribution in [0.4, 0.5) is 5.69 Å². The van der Waals surface area contributed by atoms with E-state index in [1.54, 1.807) is 38.2 Å². The predicted octanol–water partition coefficient (Wildman–Crippen LogP) is 3.42. The van der Waals surface area contributed by atoms with Gasteiger partial charge in [-0.15, -0.1) is 0 Å². The maximum Gasteiger partial charge on any atom is 0.272 e. The van der Waals surface area contributed by atoms with Gasteiger partial charge in [0.2, 0.25) is 0 Å². The van der Waals surface area contributed by atoms with Crippen LogP contribution in [0.5, 0.6) is 11.5 Å². The topological polar surface area (TPSA) is 91.3 Å². The third-order valence-corrected chi connectivity index (χ3v) is 3.14. The molecule has 2 N–H and O–H groups in total. The summed E-state index contributed by atoms with van der Waals surface area (Å²) in [5.41, 5.74) is 7.86.